The molecule has 0 aromatic carbocycles. The van der Waals surface area contributed by atoms with Crippen molar-refractivity contribution in [3.8, 4) is 0 Å². The number of hydrogen-bond donors (Lipinski definition) is 1. The summed E-state index contributed by atoms with van der Waals surface area (Å²) in [6.45, 7) is 5.61. The molecule has 0 amide bonds. The van der Waals surface area contributed by atoms with Gasteiger partial charge in [-0.2, -0.15) is 0 Å². The Hall–Kier alpha value is -0.410. The number of carbonyl (C=O) groups excluding carboxylic acids is 1. The fourth-order valence-corrected chi connectivity index (χ4v) is 0.845. The summed E-state index contributed by atoms with van der Waals surface area (Å²) >= 11 is 0. The van der Waals surface area contributed by atoms with E-state index in [2.05, 4.69) is 24.1 Å². The highest BCUT2D eigenvalue weighted by atomic mass is 16.1. The first-order valence-corrected chi connectivity index (χ1v) is 4.44. The molecule has 0 rings (SSSR count). The summed E-state index contributed by atoms with van der Waals surface area (Å²) in [5.41, 5.74) is 0. The van der Waals surface area contributed by atoms with Crippen molar-refractivity contribution in [3.63, 3.8) is 0 Å². The highest BCUT2D eigenvalue weighted by Gasteiger charge is 2.05. The standard InChI is InChI=1S/C9H20N2O/c1-8(2)11(4)6-5-9(12)7-10-3/h8,10H,5-7H2,1-4H3. The van der Waals surface area contributed by atoms with E-state index in [0.717, 1.165) is 6.54 Å². The molecule has 0 fully saturated rings. The minimum Gasteiger partial charge on any atom is -0.313 e. The van der Waals surface area contributed by atoms with E-state index >= 15 is 0 Å². The molecule has 0 aliphatic heterocycles. The van der Waals surface area contributed by atoms with E-state index in [-0.39, 0.29) is 5.78 Å². The third-order valence-corrected chi connectivity index (χ3v) is 2.00. The van der Waals surface area contributed by atoms with E-state index in [1.54, 1.807) is 7.05 Å². The fraction of sp³-hybridized carbons (Fsp3) is 0.889. The molecule has 0 saturated carbocycles. The topological polar surface area (TPSA) is 32.3 Å². The quantitative estimate of drug-likeness (QED) is 0.633. The van der Waals surface area contributed by atoms with E-state index in [0.29, 0.717) is 19.0 Å². The summed E-state index contributed by atoms with van der Waals surface area (Å²) in [5.74, 6) is 0.282. The molecule has 1 N–H and O–H groups in total. The van der Waals surface area contributed by atoms with Gasteiger partial charge in [0.15, 0.2) is 0 Å². The molecule has 3 nitrogen and oxygen atoms in total. The predicted octanol–water partition coefficient (Wildman–Crippen LogP) is 0.505. The van der Waals surface area contributed by atoms with E-state index < -0.39 is 0 Å². The van der Waals surface area contributed by atoms with E-state index in [9.17, 15) is 4.79 Å². The second-order valence-electron chi connectivity index (χ2n) is 3.39. The number of Topliss-reactive ketones (excluding diaryl/α,β-unsaturated/α-hetero) is 1. The lowest BCUT2D eigenvalue weighted by Gasteiger charge is -2.20. The summed E-state index contributed by atoms with van der Waals surface area (Å²) < 4.78 is 0. The molecule has 0 spiro atoms. The molecule has 0 heterocycles. The van der Waals surface area contributed by atoms with Gasteiger partial charge < -0.3 is 10.2 Å². The van der Waals surface area contributed by atoms with Crippen molar-refractivity contribution < 1.29 is 4.79 Å². The van der Waals surface area contributed by atoms with Crippen LogP contribution in [0.4, 0.5) is 0 Å². The lowest BCUT2D eigenvalue weighted by molar-refractivity contribution is -0.118. The normalized spacial score (nSPS) is 11.2. The number of hydrogen-bond acceptors (Lipinski definition) is 3. The predicted molar refractivity (Wildman–Crippen MR) is 51.3 cm³/mol. The van der Waals surface area contributed by atoms with Gasteiger partial charge in [-0.05, 0) is 27.9 Å². The highest BCUT2D eigenvalue weighted by molar-refractivity contribution is 5.80. The maximum atomic E-state index is 11.1. The molecular formula is C9H20N2O. The number of ketones is 1. The third kappa shape index (κ3) is 5.27. The van der Waals surface area contributed by atoms with Crippen molar-refractivity contribution in [3.05, 3.63) is 0 Å². The molecule has 0 aromatic rings. The Morgan fingerprint density at radius 2 is 2.08 bits per heavy atom. The van der Waals surface area contributed by atoms with Crippen LogP contribution in [0.25, 0.3) is 0 Å². The lowest BCUT2D eigenvalue weighted by atomic mass is 10.2. The van der Waals surface area contributed by atoms with Crippen molar-refractivity contribution in [2.75, 3.05) is 27.2 Å². The van der Waals surface area contributed by atoms with Gasteiger partial charge in [-0.1, -0.05) is 0 Å². The second kappa shape index (κ2) is 6.14. The van der Waals surface area contributed by atoms with Gasteiger partial charge in [0, 0.05) is 19.0 Å². The molecule has 0 radical (unpaired) electrons. The van der Waals surface area contributed by atoms with Crippen LogP contribution in [0.15, 0.2) is 0 Å². The molecular weight excluding hydrogens is 152 g/mol. The van der Waals surface area contributed by atoms with Crippen LogP contribution in [-0.2, 0) is 4.79 Å². The number of nitrogens with zero attached hydrogens (tertiary/aromatic N) is 1. The van der Waals surface area contributed by atoms with Crippen LogP contribution in [-0.4, -0.2) is 43.9 Å². The highest BCUT2D eigenvalue weighted by Crippen LogP contribution is 1.95. The Morgan fingerprint density at radius 3 is 2.50 bits per heavy atom. The smallest absolute Gasteiger partial charge is 0.147 e. The SMILES string of the molecule is CNCC(=O)CCN(C)C(C)C. The molecule has 3 heteroatoms. The Balaban J connectivity index is 3.47. The summed E-state index contributed by atoms with van der Waals surface area (Å²) in [4.78, 5) is 13.3. The number of likely N-dealkylation sites (N-methyl/N-ethyl adjacent to an activating group) is 1. The van der Waals surface area contributed by atoms with Gasteiger partial charge in [-0.3, -0.25) is 4.79 Å². The van der Waals surface area contributed by atoms with Gasteiger partial charge in [0.05, 0.1) is 6.54 Å². The number of rotatable bonds is 6. The molecule has 0 unspecified atom stereocenters. The summed E-state index contributed by atoms with van der Waals surface area (Å²) in [5, 5.41) is 2.85. The Morgan fingerprint density at radius 1 is 1.50 bits per heavy atom. The van der Waals surface area contributed by atoms with Crippen molar-refractivity contribution in [2.24, 2.45) is 0 Å². The van der Waals surface area contributed by atoms with Crippen molar-refractivity contribution in [1.82, 2.24) is 10.2 Å². The van der Waals surface area contributed by atoms with Gasteiger partial charge >= 0.3 is 0 Å². The first kappa shape index (κ1) is 11.6. The Labute approximate surface area is 75.1 Å². The first-order chi connectivity index (χ1) is 5.57. The van der Waals surface area contributed by atoms with Crippen LogP contribution in [0.5, 0.6) is 0 Å². The van der Waals surface area contributed by atoms with Crippen LogP contribution >= 0.6 is 0 Å². The number of carbonyl (C=O) groups is 1. The fourth-order valence-electron chi connectivity index (χ4n) is 0.845. The van der Waals surface area contributed by atoms with Crippen LogP contribution < -0.4 is 5.32 Å². The summed E-state index contributed by atoms with van der Waals surface area (Å²) in [6.07, 6.45) is 0.648. The maximum absolute atomic E-state index is 11.1. The Bertz CT molecular complexity index is 134. The third-order valence-electron chi connectivity index (χ3n) is 2.00. The van der Waals surface area contributed by atoms with Crippen molar-refractivity contribution in [2.45, 2.75) is 26.3 Å². The molecule has 0 saturated heterocycles. The molecule has 12 heavy (non-hydrogen) atoms. The van der Waals surface area contributed by atoms with Gasteiger partial charge in [0.25, 0.3) is 0 Å². The van der Waals surface area contributed by atoms with Gasteiger partial charge in [0.1, 0.15) is 5.78 Å². The molecule has 72 valence electrons. The van der Waals surface area contributed by atoms with Crippen LogP contribution in [0.2, 0.25) is 0 Å². The number of nitrogens with one attached hydrogen (secondary N) is 1. The van der Waals surface area contributed by atoms with E-state index in [1.807, 2.05) is 7.05 Å². The minimum absolute atomic E-state index is 0.282. The summed E-state index contributed by atoms with van der Waals surface area (Å²) in [6, 6.07) is 0.521. The lowest BCUT2D eigenvalue weighted by Crippen LogP contribution is -2.30. The van der Waals surface area contributed by atoms with Crippen LogP contribution in [0.1, 0.15) is 20.3 Å². The monoisotopic (exact) mass is 172 g/mol. The molecule has 0 aliphatic carbocycles. The van der Waals surface area contributed by atoms with Gasteiger partial charge in [-0.15, -0.1) is 0 Å². The van der Waals surface area contributed by atoms with E-state index in [4.69, 9.17) is 0 Å². The van der Waals surface area contributed by atoms with Gasteiger partial charge in [-0.25, -0.2) is 0 Å². The van der Waals surface area contributed by atoms with Crippen LogP contribution in [0.3, 0.4) is 0 Å². The van der Waals surface area contributed by atoms with Crippen molar-refractivity contribution in [1.29, 1.82) is 0 Å². The zero-order valence-corrected chi connectivity index (χ0v) is 8.55. The second-order valence-corrected chi connectivity index (χ2v) is 3.39. The molecule has 0 bridgehead atoms. The molecule has 0 aromatic heterocycles. The zero-order chi connectivity index (χ0) is 9.56. The molecule has 0 aliphatic rings. The van der Waals surface area contributed by atoms with E-state index in [1.165, 1.54) is 0 Å². The Kier molecular flexibility index (Phi) is 5.93. The average Bonchev–Trinajstić information content (AvgIpc) is 2.00. The van der Waals surface area contributed by atoms with Crippen LogP contribution in [0, 0.1) is 0 Å². The average molecular weight is 172 g/mol. The first-order valence-electron chi connectivity index (χ1n) is 4.44. The molecule has 0 atom stereocenters. The minimum atomic E-state index is 0.282. The zero-order valence-electron chi connectivity index (χ0n) is 8.55. The largest absolute Gasteiger partial charge is 0.313 e. The van der Waals surface area contributed by atoms with Crippen molar-refractivity contribution >= 4 is 5.78 Å². The maximum Gasteiger partial charge on any atom is 0.147 e. The summed E-state index contributed by atoms with van der Waals surface area (Å²) in [7, 11) is 3.83. The van der Waals surface area contributed by atoms with Gasteiger partial charge in [0.2, 0.25) is 0 Å².